The molecule has 2 rings (SSSR count). The van der Waals surface area contributed by atoms with Crippen molar-refractivity contribution in [3.63, 3.8) is 0 Å². The zero-order valence-electron chi connectivity index (χ0n) is 7.00. The van der Waals surface area contributed by atoms with Gasteiger partial charge in [-0.15, -0.1) is 11.3 Å². The van der Waals surface area contributed by atoms with Crippen molar-refractivity contribution in [2.75, 3.05) is 5.73 Å². The lowest BCUT2D eigenvalue weighted by molar-refractivity contribution is 0.148. The van der Waals surface area contributed by atoms with Crippen molar-refractivity contribution >= 4 is 27.1 Å². The van der Waals surface area contributed by atoms with Crippen LogP contribution in [0.4, 0.5) is 14.5 Å². The molecule has 0 aliphatic heterocycles. The molecule has 0 unspecified atom stereocenters. The Morgan fingerprint density at radius 3 is 2.79 bits per heavy atom. The molecule has 2 nitrogen and oxygen atoms in total. The van der Waals surface area contributed by atoms with E-state index in [0.29, 0.717) is 10.1 Å². The van der Waals surface area contributed by atoms with Crippen molar-refractivity contribution in [3.8, 4) is 5.75 Å². The molecule has 0 amide bonds. The molecule has 3 N–H and O–H groups in total. The summed E-state index contributed by atoms with van der Waals surface area (Å²) in [6, 6.07) is 2.70. The van der Waals surface area contributed by atoms with Gasteiger partial charge in [0.1, 0.15) is 5.75 Å². The minimum atomic E-state index is -2.71. The first-order valence-corrected chi connectivity index (χ1v) is 4.76. The van der Waals surface area contributed by atoms with Crippen LogP contribution in [-0.4, -0.2) is 5.11 Å². The summed E-state index contributed by atoms with van der Waals surface area (Å²) in [7, 11) is 0. The lowest BCUT2D eigenvalue weighted by Gasteiger charge is -2.06. The number of hydrogen-bond donors (Lipinski definition) is 2. The maximum Gasteiger partial charge on any atom is 0.267 e. The summed E-state index contributed by atoms with van der Waals surface area (Å²) in [5.74, 6) is -0.370. The van der Waals surface area contributed by atoms with Gasteiger partial charge in [-0.05, 0) is 17.5 Å². The van der Waals surface area contributed by atoms with E-state index in [2.05, 4.69) is 0 Å². The third kappa shape index (κ3) is 1.21. The lowest BCUT2D eigenvalue weighted by atomic mass is 10.1. The van der Waals surface area contributed by atoms with Gasteiger partial charge < -0.3 is 10.8 Å². The van der Waals surface area contributed by atoms with Crippen molar-refractivity contribution in [3.05, 3.63) is 23.1 Å². The van der Waals surface area contributed by atoms with E-state index in [-0.39, 0.29) is 11.4 Å². The van der Waals surface area contributed by atoms with E-state index in [1.165, 1.54) is 11.3 Å². The molecule has 5 heteroatoms. The lowest BCUT2D eigenvalue weighted by Crippen LogP contribution is -1.91. The van der Waals surface area contributed by atoms with E-state index in [4.69, 9.17) is 5.73 Å². The molecule has 1 aromatic heterocycles. The number of alkyl halides is 2. The van der Waals surface area contributed by atoms with Crippen LogP contribution in [0.3, 0.4) is 0 Å². The standard InChI is InChI=1S/C9H7F2NOS/c10-9(11)5-3-6(12)8-4(7(5)13)1-2-14-8/h1-3,9,13H,12H2. The van der Waals surface area contributed by atoms with E-state index < -0.39 is 12.0 Å². The van der Waals surface area contributed by atoms with Crippen LogP contribution in [0.2, 0.25) is 0 Å². The van der Waals surface area contributed by atoms with Gasteiger partial charge >= 0.3 is 0 Å². The van der Waals surface area contributed by atoms with Crippen molar-refractivity contribution < 1.29 is 13.9 Å². The van der Waals surface area contributed by atoms with Crippen LogP contribution in [0.5, 0.6) is 5.75 Å². The summed E-state index contributed by atoms with van der Waals surface area (Å²) in [4.78, 5) is 0. The van der Waals surface area contributed by atoms with E-state index in [9.17, 15) is 13.9 Å². The number of phenols is 1. The smallest absolute Gasteiger partial charge is 0.267 e. The van der Waals surface area contributed by atoms with Crippen molar-refractivity contribution in [2.24, 2.45) is 0 Å². The number of aromatic hydroxyl groups is 1. The molecule has 0 aliphatic carbocycles. The minimum absolute atomic E-state index is 0.281. The van der Waals surface area contributed by atoms with Crippen LogP contribution in [0.15, 0.2) is 17.5 Å². The molecular weight excluding hydrogens is 208 g/mol. The van der Waals surface area contributed by atoms with E-state index >= 15 is 0 Å². The summed E-state index contributed by atoms with van der Waals surface area (Å²) < 4.78 is 25.5. The minimum Gasteiger partial charge on any atom is -0.507 e. The number of phenolic OH excluding ortho intramolecular Hbond substituents is 1. The van der Waals surface area contributed by atoms with Gasteiger partial charge in [0.25, 0.3) is 6.43 Å². The zero-order chi connectivity index (χ0) is 10.3. The molecule has 0 atom stereocenters. The average molecular weight is 215 g/mol. The maximum absolute atomic E-state index is 12.4. The highest BCUT2D eigenvalue weighted by atomic mass is 32.1. The first-order chi connectivity index (χ1) is 6.61. The highest BCUT2D eigenvalue weighted by molar-refractivity contribution is 7.17. The van der Waals surface area contributed by atoms with Crippen LogP contribution in [0.1, 0.15) is 12.0 Å². The molecule has 0 saturated heterocycles. The highest BCUT2D eigenvalue weighted by Gasteiger charge is 2.17. The number of fused-ring (bicyclic) bond motifs is 1. The van der Waals surface area contributed by atoms with Gasteiger partial charge in [-0.2, -0.15) is 0 Å². The third-order valence-corrected chi connectivity index (χ3v) is 2.97. The van der Waals surface area contributed by atoms with Crippen LogP contribution in [0, 0.1) is 0 Å². The highest BCUT2D eigenvalue weighted by Crippen LogP contribution is 2.40. The van der Waals surface area contributed by atoms with E-state index in [0.717, 1.165) is 6.07 Å². The SMILES string of the molecule is Nc1cc(C(F)F)c(O)c2ccsc12. The van der Waals surface area contributed by atoms with Gasteiger partial charge in [0, 0.05) is 5.39 Å². The quantitative estimate of drug-likeness (QED) is 0.567. The van der Waals surface area contributed by atoms with Crippen LogP contribution < -0.4 is 5.73 Å². The molecule has 0 fully saturated rings. The number of hydrogen-bond acceptors (Lipinski definition) is 3. The topological polar surface area (TPSA) is 46.2 Å². The Morgan fingerprint density at radius 2 is 2.14 bits per heavy atom. The van der Waals surface area contributed by atoms with Crippen molar-refractivity contribution in [1.82, 2.24) is 0 Å². The number of nitrogens with two attached hydrogens (primary N) is 1. The molecule has 0 bridgehead atoms. The molecule has 0 saturated carbocycles. The number of nitrogen functional groups attached to an aromatic ring is 1. The predicted molar refractivity (Wildman–Crippen MR) is 52.9 cm³/mol. The second-order valence-corrected chi connectivity index (χ2v) is 3.78. The molecular formula is C9H7F2NOS. The van der Waals surface area contributed by atoms with Crippen LogP contribution in [0.25, 0.3) is 10.1 Å². The molecule has 0 radical (unpaired) electrons. The Balaban J connectivity index is 2.82. The molecule has 1 heterocycles. The number of rotatable bonds is 1. The summed E-state index contributed by atoms with van der Waals surface area (Å²) in [5.41, 5.74) is 5.45. The van der Waals surface area contributed by atoms with Gasteiger partial charge in [0.15, 0.2) is 0 Å². The second-order valence-electron chi connectivity index (χ2n) is 2.87. The molecule has 74 valence electrons. The number of thiophene rings is 1. The van der Waals surface area contributed by atoms with Gasteiger partial charge in [-0.25, -0.2) is 8.78 Å². The van der Waals surface area contributed by atoms with Crippen LogP contribution >= 0.6 is 11.3 Å². The largest absolute Gasteiger partial charge is 0.507 e. The monoisotopic (exact) mass is 215 g/mol. The Kier molecular flexibility index (Phi) is 2.03. The summed E-state index contributed by atoms with van der Waals surface area (Å²) in [6.45, 7) is 0. The van der Waals surface area contributed by atoms with E-state index in [1.54, 1.807) is 11.4 Å². The Morgan fingerprint density at radius 1 is 1.43 bits per heavy atom. The molecule has 14 heavy (non-hydrogen) atoms. The van der Waals surface area contributed by atoms with Crippen molar-refractivity contribution in [2.45, 2.75) is 6.43 Å². The van der Waals surface area contributed by atoms with Gasteiger partial charge in [-0.3, -0.25) is 0 Å². The Labute approximate surface area is 82.6 Å². The predicted octanol–water partition coefficient (Wildman–Crippen LogP) is 3.13. The molecule has 0 spiro atoms. The molecule has 2 aromatic rings. The Bertz CT molecular complexity index is 481. The fourth-order valence-corrected chi connectivity index (χ4v) is 2.17. The number of benzene rings is 1. The number of anilines is 1. The fraction of sp³-hybridized carbons (Fsp3) is 0.111. The van der Waals surface area contributed by atoms with Crippen molar-refractivity contribution in [1.29, 1.82) is 0 Å². The Hall–Kier alpha value is -1.36. The third-order valence-electron chi connectivity index (χ3n) is 2.00. The first-order valence-electron chi connectivity index (χ1n) is 3.88. The van der Waals surface area contributed by atoms with Gasteiger partial charge in [0.05, 0.1) is 16.0 Å². The molecule has 0 aliphatic rings. The number of halogens is 2. The maximum atomic E-state index is 12.4. The fourth-order valence-electron chi connectivity index (χ4n) is 1.34. The summed E-state index contributed by atoms with van der Waals surface area (Å²) in [6.07, 6.45) is -2.71. The van der Waals surface area contributed by atoms with Gasteiger partial charge in [-0.1, -0.05) is 0 Å². The second kappa shape index (κ2) is 3.09. The summed E-state index contributed by atoms with van der Waals surface area (Å²) >= 11 is 1.32. The first kappa shape index (κ1) is 9.21. The summed E-state index contributed by atoms with van der Waals surface area (Å²) in [5, 5.41) is 11.6. The zero-order valence-corrected chi connectivity index (χ0v) is 7.81. The van der Waals surface area contributed by atoms with E-state index in [1.807, 2.05) is 0 Å². The molecule has 1 aromatic carbocycles. The van der Waals surface area contributed by atoms with Crippen LogP contribution in [-0.2, 0) is 0 Å². The normalized spacial score (nSPS) is 11.4. The van der Waals surface area contributed by atoms with Gasteiger partial charge in [0.2, 0.25) is 0 Å². The average Bonchev–Trinajstić information content (AvgIpc) is 2.59.